The van der Waals surface area contributed by atoms with Crippen molar-refractivity contribution in [1.82, 2.24) is 4.72 Å². The SMILES string of the molecule is COC1CC(NS(=O)(=O)c2cc(N)c(Br)cc2F)C1. The summed E-state index contributed by atoms with van der Waals surface area (Å²) in [6.07, 6.45) is 1.24. The third kappa shape index (κ3) is 3.07. The quantitative estimate of drug-likeness (QED) is 0.807. The Bertz CT molecular complexity index is 588. The number of nitrogen functional groups attached to an aromatic ring is 1. The Balaban J connectivity index is 2.18. The average Bonchev–Trinajstić information content (AvgIpc) is 2.27. The number of anilines is 1. The van der Waals surface area contributed by atoms with E-state index in [1.807, 2.05) is 0 Å². The molecule has 0 bridgehead atoms. The van der Waals surface area contributed by atoms with Crippen LogP contribution >= 0.6 is 15.9 Å². The summed E-state index contributed by atoms with van der Waals surface area (Å²) in [6.45, 7) is 0. The van der Waals surface area contributed by atoms with Crippen LogP contribution in [-0.2, 0) is 14.8 Å². The van der Waals surface area contributed by atoms with Gasteiger partial charge in [0.25, 0.3) is 0 Å². The van der Waals surface area contributed by atoms with Crippen molar-refractivity contribution in [2.24, 2.45) is 0 Å². The van der Waals surface area contributed by atoms with Gasteiger partial charge in [-0.2, -0.15) is 0 Å². The standard InChI is InChI=1S/C11H14BrFN2O3S/c1-18-7-2-6(3-7)15-19(16,17)11-5-10(14)8(12)4-9(11)13/h4-7,15H,2-3,14H2,1H3. The number of methoxy groups -OCH3 is 1. The molecule has 0 spiro atoms. The van der Waals surface area contributed by atoms with Gasteiger partial charge in [-0.1, -0.05) is 0 Å². The number of halogens is 2. The fraction of sp³-hybridized carbons (Fsp3) is 0.455. The largest absolute Gasteiger partial charge is 0.398 e. The lowest BCUT2D eigenvalue weighted by molar-refractivity contribution is 0.0236. The van der Waals surface area contributed by atoms with Crippen LogP contribution in [0.1, 0.15) is 12.8 Å². The van der Waals surface area contributed by atoms with Crippen LogP contribution in [0.25, 0.3) is 0 Å². The molecule has 2 rings (SSSR count). The number of benzene rings is 1. The maximum atomic E-state index is 13.7. The second-order valence-corrected chi connectivity index (χ2v) is 6.99. The minimum atomic E-state index is -3.90. The molecule has 106 valence electrons. The van der Waals surface area contributed by atoms with E-state index in [4.69, 9.17) is 10.5 Å². The Kier molecular flexibility index (Phi) is 4.14. The van der Waals surface area contributed by atoms with Gasteiger partial charge in [-0.25, -0.2) is 17.5 Å². The summed E-state index contributed by atoms with van der Waals surface area (Å²) in [6, 6.07) is 1.93. The fourth-order valence-corrected chi connectivity index (χ4v) is 3.56. The third-order valence-corrected chi connectivity index (χ3v) is 5.31. The number of hydrogen-bond donors (Lipinski definition) is 2. The maximum absolute atomic E-state index is 13.7. The highest BCUT2D eigenvalue weighted by molar-refractivity contribution is 9.10. The molecular weight excluding hydrogens is 339 g/mol. The zero-order valence-electron chi connectivity index (χ0n) is 10.2. The number of sulfonamides is 1. The smallest absolute Gasteiger partial charge is 0.243 e. The van der Waals surface area contributed by atoms with Crippen LogP contribution in [0.15, 0.2) is 21.5 Å². The first-order valence-corrected chi connectivity index (χ1v) is 7.90. The Labute approximate surface area is 119 Å². The van der Waals surface area contributed by atoms with Gasteiger partial charge < -0.3 is 10.5 Å². The minimum absolute atomic E-state index is 0.0625. The fourth-order valence-electron chi connectivity index (χ4n) is 1.89. The summed E-state index contributed by atoms with van der Waals surface area (Å²) in [5.41, 5.74) is 5.75. The number of ether oxygens (including phenoxy) is 1. The second kappa shape index (κ2) is 5.35. The van der Waals surface area contributed by atoms with E-state index in [9.17, 15) is 12.8 Å². The molecule has 0 saturated heterocycles. The zero-order valence-corrected chi connectivity index (χ0v) is 12.6. The molecule has 8 heteroatoms. The Morgan fingerprint density at radius 1 is 1.47 bits per heavy atom. The Morgan fingerprint density at radius 3 is 2.68 bits per heavy atom. The van der Waals surface area contributed by atoms with Gasteiger partial charge in [-0.05, 0) is 40.9 Å². The van der Waals surface area contributed by atoms with Gasteiger partial charge in [0.15, 0.2) is 0 Å². The van der Waals surface area contributed by atoms with Gasteiger partial charge in [0, 0.05) is 23.3 Å². The lowest BCUT2D eigenvalue weighted by Crippen LogP contribution is -2.47. The van der Waals surface area contributed by atoms with E-state index < -0.39 is 20.7 Å². The van der Waals surface area contributed by atoms with E-state index in [-0.39, 0.29) is 17.8 Å². The van der Waals surface area contributed by atoms with Crippen molar-refractivity contribution in [1.29, 1.82) is 0 Å². The van der Waals surface area contributed by atoms with Gasteiger partial charge >= 0.3 is 0 Å². The van der Waals surface area contributed by atoms with Crippen molar-refractivity contribution in [2.45, 2.75) is 29.9 Å². The van der Waals surface area contributed by atoms with E-state index in [0.29, 0.717) is 17.3 Å². The van der Waals surface area contributed by atoms with Crippen LogP contribution in [0.2, 0.25) is 0 Å². The van der Waals surface area contributed by atoms with Crippen molar-refractivity contribution in [3.63, 3.8) is 0 Å². The number of rotatable bonds is 4. The average molecular weight is 353 g/mol. The predicted octanol–water partition coefficient (Wildman–Crippen LogP) is 1.63. The highest BCUT2D eigenvalue weighted by Gasteiger charge is 2.33. The molecule has 5 nitrogen and oxygen atoms in total. The molecule has 3 N–H and O–H groups in total. The van der Waals surface area contributed by atoms with Crippen molar-refractivity contribution in [3.05, 3.63) is 22.4 Å². The predicted molar refractivity (Wildman–Crippen MR) is 72.7 cm³/mol. The molecule has 1 fully saturated rings. The summed E-state index contributed by atoms with van der Waals surface area (Å²) in [7, 11) is -2.33. The van der Waals surface area contributed by atoms with E-state index in [1.165, 1.54) is 0 Å². The number of nitrogens with one attached hydrogen (secondary N) is 1. The topological polar surface area (TPSA) is 81.4 Å². The molecule has 0 heterocycles. The van der Waals surface area contributed by atoms with Crippen LogP contribution in [0.5, 0.6) is 0 Å². The van der Waals surface area contributed by atoms with Crippen LogP contribution in [0.4, 0.5) is 10.1 Å². The summed E-state index contributed by atoms with van der Waals surface area (Å²) >= 11 is 3.04. The monoisotopic (exact) mass is 352 g/mol. The first-order valence-electron chi connectivity index (χ1n) is 5.63. The van der Waals surface area contributed by atoms with E-state index >= 15 is 0 Å². The highest BCUT2D eigenvalue weighted by atomic mass is 79.9. The molecule has 1 aliphatic rings. The lowest BCUT2D eigenvalue weighted by atomic mass is 9.90. The van der Waals surface area contributed by atoms with Crippen LogP contribution < -0.4 is 10.5 Å². The van der Waals surface area contributed by atoms with Crippen molar-refractivity contribution in [3.8, 4) is 0 Å². The van der Waals surface area contributed by atoms with Crippen LogP contribution in [-0.4, -0.2) is 27.7 Å². The minimum Gasteiger partial charge on any atom is -0.398 e. The number of nitrogens with two attached hydrogens (primary N) is 1. The lowest BCUT2D eigenvalue weighted by Gasteiger charge is -2.34. The van der Waals surface area contributed by atoms with Crippen LogP contribution in [0.3, 0.4) is 0 Å². The molecule has 1 saturated carbocycles. The summed E-state index contributed by atoms with van der Waals surface area (Å²) in [4.78, 5) is -0.436. The van der Waals surface area contributed by atoms with E-state index in [2.05, 4.69) is 20.7 Å². The van der Waals surface area contributed by atoms with E-state index in [0.717, 1.165) is 12.1 Å². The van der Waals surface area contributed by atoms with E-state index in [1.54, 1.807) is 7.11 Å². The van der Waals surface area contributed by atoms with Gasteiger partial charge in [-0.3, -0.25) is 0 Å². The molecule has 1 aromatic rings. The van der Waals surface area contributed by atoms with Crippen LogP contribution in [0, 0.1) is 5.82 Å². The maximum Gasteiger partial charge on any atom is 0.243 e. The molecule has 0 unspecified atom stereocenters. The third-order valence-electron chi connectivity index (χ3n) is 3.09. The van der Waals surface area contributed by atoms with Crippen molar-refractivity contribution >= 4 is 31.6 Å². The molecule has 0 aliphatic heterocycles. The molecule has 1 aromatic carbocycles. The van der Waals surface area contributed by atoms with Crippen molar-refractivity contribution < 1.29 is 17.5 Å². The highest BCUT2D eigenvalue weighted by Crippen LogP contribution is 2.28. The Hall–Kier alpha value is -0.700. The van der Waals surface area contributed by atoms with Gasteiger partial charge in [0.2, 0.25) is 10.0 Å². The molecule has 0 radical (unpaired) electrons. The van der Waals surface area contributed by atoms with Gasteiger partial charge in [0.1, 0.15) is 10.7 Å². The zero-order chi connectivity index (χ0) is 14.2. The first kappa shape index (κ1) is 14.7. The second-order valence-electron chi connectivity index (χ2n) is 4.45. The summed E-state index contributed by atoms with van der Waals surface area (Å²) < 4.78 is 45.6. The van der Waals surface area contributed by atoms with Crippen molar-refractivity contribution in [2.75, 3.05) is 12.8 Å². The number of hydrogen-bond acceptors (Lipinski definition) is 4. The molecular formula is C11H14BrFN2O3S. The Morgan fingerprint density at radius 2 is 2.11 bits per heavy atom. The summed E-state index contributed by atoms with van der Waals surface area (Å²) in [5.74, 6) is -0.837. The molecule has 1 aliphatic carbocycles. The first-order chi connectivity index (χ1) is 8.83. The molecule has 0 amide bonds. The molecule has 19 heavy (non-hydrogen) atoms. The van der Waals surface area contributed by atoms with Gasteiger partial charge in [-0.15, -0.1) is 0 Å². The molecule has 0 aromatic heterocycles. The van der Waals surface area contributed by atoms with Gasteiger partial charge in [0.05, 0.1) is 6.10 Å². The summed E-state index contributed by atoms with van der Waals surface area (Å²) in [5, 5.41) is 0. The molecule has 0 atom stereocenters. The normalized spacial score (nSPS) is 23.1.